The SMILES string of the molecule is COc1cc(N2CC[C@H]3CN(C)C[C@H]32)c([N+](=O)[O-])cc1Nc1ncnc(Nc2cc(F)c(F)cc2C(C)(C)O)n1. The van der Waals surface area contributed by atoms with E-state index in [1.165, 1.54) is 33.4 Å². The van der Waals surface area contributed by atoms with Gasteiger partial charge in [0, 0.05) is 49.4 Å². The Bertz CT molecular complexity index is 1450. The highest BCUT2D eigenvalue weighted by molar-refractivity contribution is 5.77. The molecule has 3 heterocycles. The van der Waals surface area contributed by atoms with Gasteiger partial charge in [-0.1, -0.05) is 0 Å². The maximum absolute atomic E-state index is 14.0. The van der Waals surface area contributed by atoms with Crippen molar-refractivity contribution in [1.29, 1.82) is 0 Å². The summed E-state index contributed by atoms with van der Waals surface area (Å²) in [5.41, 5.74) is -0.676. The van der Waals surface area contributed by atoms with Crippen molar-refractivity contribution in [3.05, 3.63) is 57.9 Å². The fraction of sp³-hybridized carbons (Fsp3) is 0.423. The third-order valence-electron chi connectivity index (χ3n) is 7.32. The summed E-state index contributed by atoms with van der Waals surface area (Å²) in [4.78, 5) is 28.4. The lowest BCUT2D eigenvalue weighted by molar-refractivity contribution is -0.384. The fourth-order valence-corrected chi connectivity index (χ4v) is 5.49. The van der Waals surface area contributed by atoms with Crippen molar-refractivity contribution in [2.75, 3.05) is 49.3 Å². The standard InChI is InChI=1S/C26H30F2N8O4/c1-26(2,37)15-7-16(27)17(28)8-18(15)31-24-29-13-30-25(33-24)32-19-9-21(36(38)39)20(10-23(19)40-4)35-6-5-14-11-34(3)12-22(14)35/h7-10,13-14,22,37H,5-6,11-12H2,1-4H3,(H2,29,30,31,32,33)/t14-,22+/m0/s1. The predicted octanol–water partition coefficient (Wildman–Crippen LogP) is 3.92. The number of hydrogen-bond acceptors (Lipinski definition) is 11. The molecule has 0 aliphatic carbocycles. The van der Waals surface area contributed by atoms with Crippen LogP contribution < -0.4 is 20.3 Å². The molecular weight excluding hydrogens is 526 g/mol. The molecule has 5 rings (SSSR count). The highest BCUT2D eigenvalue weighted by atomic mass is 19.2. The second-order valence-corrected chi connectivity index (χ2v) is 10.6. The summed E-state index contributed by atoms with van der Waals surface area (Å²) < 4.78 is 33.5. The summed E-state index contributed by atoms with van der Waals surface area (Å²) in [7, 11) is 3.52. The number of aliphatic hydroxyl groups is 1. The number of nitrogens with zero attached hydrogens (tertiary/aromatic N) is 6. The number of halogens is 2. The Morgan fingerprint density at radius 3 is 2.42 bits per heavy atom. The molecule has 3 N–H and O–H groups in total. The van der Waals surface area contributed by atoms with Crippen LogP contribution in [-0.2, 0) is 5.60 Å². The van der Waals surface area contributed by atoms with Crippen molar-refractivity contribution in [2.24, 2.45) is 5.92 Å². The molecule has 14 heteroatoms. The molecule has 2 saturated heterocycles. The zero-order valence-electron chi connectivity index (χ0n) is 22.5. The second kappa shape index (κ2) is 10.4. The van der Waals surface area contributed by atoms with Gasteiger partial charge < -0.3 is 30.3 Å². The Morgan fingerprint density at radius 2 is 1.77 bits per heavy atom. The Kier molecular flexibility index (Phi) is 7.14. The van der Waals surface area contributed by atoms with Crippen molar-refractivity contribution >= 4 is 34.6 Å². The molecule has 0 bridgehead atoms. The summed E-state index contributed by atoms with van der Waals surface area (Å²) in [5.74, 6) is -1.43. The third-order valence-corrected chi connectivity index (χ3v) is 7.32. The second-order valence-electron chi connectivity index (χ2n) is 10.6. The lowest BCUT2D eigenvalue weighted by Gasteiger charge is -2.27. The van der Waals surface area contributed by atoms with Crippen molar-refractivity contribution in [2.45, 2.75) is 31.9 Å². The van der Waals surface area contributed by atoms with Crippen LogP contribution in [-0.4, -0.2) is 69.7 Å². The minimum Gasteiger partial charge on any atom is -0.494 e. The maximum Gasteiger partial charge on any atom is 0.294 e. The van der Waals surface area contributed by atoms with E-state index < -0.39 is 22.2 Å². The average Bonchev–Trinajstić information content (AvgIpc) is 3.44. The molecule has 0 saturated carbocycles. The van der Waals surface area contributed by atoms with Crippen LogP contribution in [0.4, 0.5) is 43.4 Å². The largest absolute Gasteiger partial charge is 0.494 e. The van der Waals surface area contributed by atoms with E-state index in [2.05, 4.69) is 42.4 Å². The molecule has 0 unspecified atom stereocenters. The molecule has 212 valence electrons. The van der Waals surface area contributed by atoms with Gasteiger partial charge in [-0.05, 0) is 39.3 Å². The number of fused-ring (bicyclic) bond motifs is 1. The lowest BCUT2D eigenvalue weighted by atomic mass is 9.96. The predicted molar refractivity (Wildman–Crippen MR) is 144 cm³/mol. The number of methoxy groups -OCH3 is 1. The van der Waals surface area contributed by atoms with Crippen molar-refractivity contribution in [1.82, 2.24) is 19.9 Å². The molecule has 2 fully saturated rings. The lowest BCUT2D eigenvalue weighted by Crippen LogP contribution is -2.34. The van der Waals surface area contributed by atoms with E-state index in [0.29, 0.717) is 17.4 Å². The van der Waals surface area contributed by atoms with Gasteiger partial charge in [-0.3, -0.25) is 10.1 Å². The Morgan fingerprint density at radius 1 is 1.10 bits per heavy atom. The van der Waals surface area contributed by atoms with Gasteiger partial charge in [0.25, 0.3) is 5.69 Å². The molecule has 40 heavy (non-hydrogen) atoms. The summed E-state index contributed by atoms with van der Waals surface area (Å²) in [6, 6.07) is 5.03. The Labute approximate surface area is 229 Å². The topological polar surface area (TPSA) is 142 Å². The van der Waals surface area contributed by atoms with E-state index in [1.807, 2.05) is 0 Å². The Balaban J connectivity index is 1.45. The quantitative estimate of drug-likeness (QED) is 0.274. The number of likely N-dealkylation sites (N-methyl/N-ethyl adjacent to an activating group) is 1. The number of rotatable bonds is 8. The minimum absolute atomic E-state index is 0.0175. The number of hydrogen-bond donors (Lipinski definition) is 3. The van der Waals surface area contributed by atoms with E-state index in [9.17, 15) is 24.0 Å². The van der Waals surface area contributed by atoms with Gasteiger partial charge in [0.2, 0.25) is 11.9 Å². The van der Waals surface area contributed by atoms with Crippen LogP contribution in [0.5, 0.6) is 5.75 Å². The van der Waals surface area contributed by atoms with Crippen molar-refractivity contribution in [3.63, 3.8) is 0 Å². The fourth-order valence-electron chi connectivity index (χ4n) is 5.49. The zero-order chi connectivity index (χ0) is 28.8. The van der Waals surface area contributed by atoms with Crippen LogP contribution in [0.25, 0.3) is 0 Å². The first-order valence-electron chi connectivity index (χ1n) is 12.7. The number of nitro benzene ring substituents is 1. The van der Waals surface area contributed by atoms with Crippen LogP contribution in [0.2, 0.25) is 0 Å². The van der Waals surface area contributed by atoms with Crippen LogP contribution >= 0.6 is 0 Å². The third kappa shape index (κ3) is 5.31. The van der Waals surface area contributed by atoms with Crippen molar-refractivity contribution in [3.8, 4) is 5.75 Å². The van der Waals surface area contributed by atoms with Crippen molar-refractivity contribution < 1.29 is 23.5 Å². The first-order valence-corrected chi connectivity index (χ1v) is 12.7. The van der Waals surface area contributed by atoms with Gasteiger partial charge in [-0.25, -0.2) is 18.7 Å². The molecule has 0 amide bonds. The molecule has 2 atom stereocenters. The first kappa shape index (κ1) is 27.4. The van der Waals surface area contributed by atoms with E-state index in [-0.39, 0.29) is 40.6 Å². The summed E-state index contributed by atoms with van der Waals surface area (Å²) in [6.07, 6.45) is 2.14. The maximum atomic E-state index is 14.0. The van der Waals surface area contributed by atoms with Gasteiger partial charge in [0.05, 0.1) is 29.0 Å². The number of nitro groups is 1. The van der Waals surface area contributed by atoms with E-state index in [0.717, 1.165) is 38.2 Å². The first-order chi connectivity index (χ1) is 18.9. The minimum atomic E-state index is -1.50. The molecule has 2 aliphatic heterocycles. The van der Waals surface area contributed by atoms with Gasteiger partial charge in [0.15, 0.2) is 11.6 Å². The van der Waals surface area contributed by atoms with Gasteiger partial charge in [-0.15, -0.1) is 0 Å². The highest BCUT2D eigenvalue weighted by Crippen LogP contribution is 2.44. The van der Waals surface area contributed by atoms with Crippen LogP contribution in [0.3, 0.4) is 0 Å². The number of likely N-dealkylation sites (tertiary alicyclic amines) is 1. The average molecular weight is 557 g/mol. The molecule has 0 radical (unpaired) electrons. The molecule has 0 spiro atoms. The summed E-state index contributed by atoms with van der Waals surface area (Å²) >= 11 is 0. The van der Waals surface area contributed by atoms with Gasteiger partial charge in [0.1, 0.15) is 17.8 Å². The number of aromatic nitrogens is 3. The molecule has 3 aromatic rings. The smallest absolute Gasteiger partial charge is 0.294 e. The number of anilines is 5. The molecule has 2 aromatic carbocycles. The van der Waals surface area contributed by atoms with E-state index in [4.69, 9.17) is 4.74 Å². The highest BCUT2D eigenvalue weighted by Gasteiger charge is 2.42. The number of ether oxygens (including phenoxy) is 1. The molecular formula is C26H30F2N8O4. The Hall–Kier alpha value is -4.17. The molecule has 2 aliphatic rings. The summed E-state index contributed by atoms with van der Waals surface area (Å²) in [6.45, 7) is 5.38. The van der Waals surface area contributed by atoms with E-state index in [1.54, 1.807) is 6.07 Å². The van der Waals surface area contributed by atoms with Gasteiger partial charge >= 0.3 is 0 Å². The normalized spacial score (nSPS) is 19.0. The summed E-state index contributed by atoms with van der Waals surface area (Å²) in [5, 5.41) is 28.3. The monoisotopic (exact) mass is 556 g/mol. The van der Waals surface area contributed by atoms with Crippen LogP contribution in [0.1, 0.15) is 25.8 Å². The zero-order valence-corrected chi connectivity index (χ0v) is 22.5. The molecule has 12 nitrogen and oxygen atoms in total. The molecule has 1 aromatic heterocycles. The van der Waals surface area contributed by atoms with Crippen LogP contribution in [0, 0.1) is 27.7 Å². The number of nitrogens with one attached hydrogen (secondary N) is 2. The van der Waals surface area contributed by atoms with Crippen LogP contribution in [0.15, 0.2) is 30.6 Å². The van der Waals surface area contributed by atoms with Gasteiger partial charge in [-0.2, -0.15) is 4.98 Å². The van der Waals surface area contributed by atoms with E-state index >= 15 is 0 Å². The number of benzene rings is 2.